The second kappa shape index (κ2) is 6.77. The predicted molar refractivity (Wildman–Crippen MR) is 83.0 cm³/mol. The van der Waals surface area contributed by atoms with E-state index in [4.69, 9.17) is 10.8 Å². The molecule has 0 bridgehead atoms. The lowest BCUT2D eigenvalue weighted by Gasteiger charge is -2.32. The maximum atomic E-state index is 12.9. The number of hydrogen-bond acceptors (Lipinski definition) is 5. The van der Waals surface area contributed by atoms with E-state index in [9.17, 15) is 9.18 Å². The minimum atomic E-state index is -0.518. The van der Waals surface area contributed by atoms with Crippen molar-refractivity contribution < 1.29 is 8.81 Å². The molecule has 1 aliphatic heterocycles. The van der Waals surface area contributed by atoms with E-state index in [1.54, 1.807) is 0 Å². The topological polar surface area (TPSA) is 54.5 Å². The van der Waals surface area contributed by atoms with E-state index in [1.807, 2.05) is 0 Å². The zero-order valence-corrected chi connectivity index (χ0v) is 12.6. The monoisotopic (exact) mass is 316 g/mol. The van der Waals surface area contributed by atoms with Gasteiger partial charge in [0.05, 0.1) is 6.54 Å². The third-order valence-electron chi connectivity index (χ3n) is 3.81. The molecule has 3 rings (SSSR count). The maximum Gasteiger partial charge on any atom is 0.438 e. The Kier molecular flexibility index (Phi) is 4.55. The molecule has 2 heterocycles. The number of rotatable bonds is 4. The Bertz CT molecular complexity index is 752. The molecule has 1 aromatic heterocycles. The van der Waals surface area contributed by atoms with Gasteiger partial charge in [-0.05, 0) is 24.3 Å². The molecule has 0 N–H and O–H groups in total. The third-order valence-corrected chi connectivity index (χ3v) is 3.81. The molecule has 0 radical (unpaired) electrons. The van der Waals surface area contributed by atoms with Crippen LogP contribution in [0.1, 0.15) is 0 Å². The van der Waals surface area contributed by atoms with Gasteiger partial charge in [-0.2, -0.15) is 4.68 Å². The lowest BCUT2D eigenvalue weighted by molar-refractivity contribution is 0.109. The molecule has 1 aromatic carbocycles. The molecule has 6 nitrogen and oxygen atoms in total. The van der Waals surface area contributed by atoms with Crippen molar-refractivity contribution in [2.45, 2.75) is 6.67 Å². The van der Waals surface area contributed by atoms with Crippen molar-refractivity contribution in [2.24, 2.45) is 0 Å². The summed E-state index contributed by atoms with van der Waals surface area (Å²) in [7, 11) is 0. The average molecular weight is 316 g/mol. The van der Waals surface area contributed by atoms with Crippen molar-refractivity contribution in [1.82, 2.24) is 19.6 Å². The fourth-order valence-corrected chi connectivity index (χ4v) is 2.51. The van der Waals surface area contributed by atoms with Crippen molar-refractivity contribution in [3.8, 4) is 23.8 Å². The van der Waals surface area contributed by atoms with Gasteiger partial charge >= 0.3 is 5.76 Å². The molecule has 0 saturated carbocycles. The van der Waals surface area contributed by atoms with Crippen LogP contribution in [0.2, 0.25) is 0 Å². The maximum absolute atomic E-state index is 12.9. The minimum Gasteiger partial charge on any atom is -0.388 e. The summed E-state index contributed by atoms with van der Waals surface area (Å²) in [5, 5.41) is 4.19. The predicted octanol–water partition coefficient (Wildman–Crippen LogP) is 0.851. The van der Waals surface area contributed by atoms with Gasteiger partial charge in [-0.25, -0.2) is 9.18 Å². The van der Waals surface area contributed by atoms with Crippen LogP contribution in [0.15, 0.2) is 33.5 Å². The Hall–Kier alpha value is -2.43. The lowest BCUT2D eigenvalue weighted by Crippen LogP contribution is -2.47. The summed E-state index contributed by atoms with van der Waals surface area (Å²) in [5.41, 5.74) is 0.570. The fourth-order valence-electron chi connectivity index (χ4n) is 2.51. The number of benzene rings is 1. The van der Waals surface area contributed by atoms with Crippen LogP contribution in [-0.4, -0.2) is 52.3 Å². The summed E-state index contributed by atoms with van der Waals surface area (Å²) in [6, 6.07) is 5.67. The van der Waals surface area contributed by atoms with Gasteiger partial charge in [-0.3, -0.25) is 9.80 Å². The first-order chi connectivity index (χ1) is 11.2. The quantitative estimate of drug-likeness (QED) is 0.783. The second-order valence-electron chi connectivity index (χ2n) is 5.42. The van der Waals surface area contributed by atoms with E-state index < -0.39 is 5.76 Å². The summed E-state index contributed by atoms with van der Waals surface area (Å²) in [5.74, 6) is 1.96. The van der Waals surface area contributed by atoms with Crippen LogP contribution in [0.5, 0.6) is 0 Å². The summed E-state index contributed by atoms with van der Waals surface area (Å²) in [6.45, 7) is 4.36. The van der Waals surface area contributed by atoms with Crippen LogP contribution >= 0.6 is 0 Å². The number of nitrogens with zero attached hydrogens (tertiary/aromatic N) is 4. The molecular formula is C16H17FN4O2. The molecule has 2 aromatic rings. The normalized spacial score (nSPS) is 16.3. The molecule has 7 heteroatoms. The first-order valence-corrected chi connectivity index (χ1v) is 7.38. The van der Waals surface area contributed by atoms with Crippen LogP contribution in [-0.2, 0) is 6.67 Å². The van der Waals surface area contributed by atoms with Gasteiger partial charge in [0.2, 0.25) is 5.89 Å². The van der Waals surface area contributed by atoms with Crippen molar-refractivity contribution >= 4 is 0 Å². The Morgan fingerprint density at radius 3 is 2.48 bits per heavy atom. The number of hydrogen-bond donors (Lipinski definition) is 0. The fraction of sp³-hybridized carbons (Fsp3) is 0.375. The zero-order chi connectivity index (χ0) is 16.2. The van der Waals surface area contributed by atoms with Crippen LogP contribution in [0, 0.1) is 18.2 Å². The Balaban J connectivity index is 1.67. The molecule has 1 aliphatic rings. The second-order valence-corrected chi connectivity index (χ2v) is 5.42. The van der Waals surface area contributed by atoms with E-state index in [1.165, 1.54) is 28.9 Å². The largest absolute Gasteiger partial charge is 0.438 e. The van der Waals surface area contributed by atoms with Gasteiger partial charge in [0.25, 0.3) is 0 Å². The van der Waals surface area contributed by atoms with E-state index in [2.05, 4.69) is 20.8 Å². The molecule has 0 spiro atoms. The third kappa shape index (κ3) is 3.67. The van der Waals surface area contributed by atoms with Gasteiger partial charge < -0.3 is 4.42 Å². The van der Waals surface area contributed by atoms with E-state index in [-0.39, 0.29) is 11.7 Å². The summed E-state index contributed by atoms with van der Waals surface area (Å²) in [6.07, 6.45) is 5.31. The molecular weight excluding hydrogens is 299 g/mol. The van der Waals surface area contributed by atoms with Gasteiger partial charge in [0.1, 0.15) is 12.5 Å². The Morgan fingerprint density at radius 1 is 1.17 bits per heavy atom. The average Bonchev–Trinajstić information content (AvgIpc) is 2.91. The first kappa shape index (κ1) is 15.5. The Labute approximate surface area is 133 Å². The molecule has 0 amide bonds. The van der Waals surface area contributed by atoms with Crippen LogP contribution < -0.4 is 5.76 Å². The van der Waals surface area contributed by atoms with Crippen molar-refractivity contribution in [3.63, 3.8) is 0 Å². The molecule has 0 unspecified atom stereocenters. The SMILES string of the molecule is C#CCN1CCN(Cn2nc(-c3ccc(F)cc3)oc2=O)CC1. The highest BCUT2D eigenvalue weighted by molar-refractivity contribution is 5.51. The van der Waals surface area contributed by atoms with Crippen LogP contribution in [0.25, 0.3) is 11.5 Å². The standard InChI is InChI=1S/C16H17FN4O2/c1-2-7-19-8-10-20(11-9-19)12-21-16(22)23-15(18-21)13-3-5-14(17)6-4-13/h1,3-6H,7-12H2. The van der Waals surface area contributed by atoms with E-state index in [0.29, 0.717) is 18.8 Å². The molecule has 23 heavy (non-hydrogen) atoms. The van der Waals surface area contributed by atoms with Crippen LogP contribution in [0.4, 0.5) is 4.39 Å². The van der Waals surface area contributed by atoms with Crippen LogP contribution in [0.3, 0.4) is 0 Å². The molecule has 1 saturated heterocycles. The Morgan fingerprint density at radius 2 is 1.83 bits per heavy atom. The van der Waals surface area contributed by atoms with Gasteiger partial charge in [-0.1, -0.05) is 5.92 Å². The van der Waals surface area contributed by atoms with Gasteiger partial charge in [-0.15, -0.1) is 11.5 Å². The smallest absolute Gasteiger partial charge is 0.388 e. The number of aromatic nitrogens is 2. The highest BCUT2D eigenvalue weighted by Crippen LogP contribution is 2.15. The number of piperazine rings is 1. The van der Waals surface area contributed by atoms with E-state index in [0.717, 1.165) is 26.2 Å². The minimum absolute atomic E-state index is 0.195. The van der Waals surface area contributed by atoms with Gasteiger partial charge in [0, 0.05) is 31.7 Å². The summed E-state index contributed by atoms with van der Waals surface area (Å²) < 4.78 is 19.4. The summed E-state index contributed by atoms with van der Waals surface area (Å²) in [4.78, 5) is 16.2. The van der Waals surface area contributed by atoms with Gasteiger partial charge in [0.15, 0.2) is 0 Å². The first-order valence-electron chi connectivity index (χ1n) is 7.38. The lowest BCUT2D eigenvalue weighted by atomic mass is 10.2. The molecule has 0 aliphatic carbocycles. The summed E-state index contributed by atoms with van der Waals surface area (Å²) >= 11 is 0. The highest BCUT2D eigenvalue weighted by Gasteiger charge is 2.18. The highest BCUT2D eigenvalue weighted by atomic mass is 19.1. The zero-order valence-electron chi connectivity index (χ0n) is 12.6. The number of halogens is 1. The molecule has 1 fully saturated rings. The van der Waals surface area contributed by atoms with Crippen molar-refractivity contribution in [3.05, 3.63) is 40.6 Å². The van der Waals surface area contributed by atoms with Crippen molar-refractivity contribution in [1.29, 1.82) is 0 Å². The van der Waals surface area contributed by atoms with E-state index >= 15 is 0 Å². The van der Waals surface area contributed by atoms with Crippen molar-refractivity contribution in [2.75, 3.05) is 32.7 Å². The number of terminal acetylenes is 1. The molecule has 120 valence electrons. The molecule has 0 atom stereocenters.